The zero-order chi connectivity index (χ0) is 23.8. The fourth-order valence-corrected chi connectivity index (χ4v) is 3.74. The Balaban J connectivity index is 1.73. The lowest BCUT2D eigenvalue weighted by Crippen LogP contribution is -2.36. The van der Waals surface area contributed by atoms with Crippen molar-refractivity contribution in [3.8, 4) is 11.5 Å². The number of aryl methyl sites for hydroxylation is 2. The Kier molecular flexibility index (Phi) is 8.72. The molecule has 2 aromatic carbocycles. The van der Waals surface area contributed by atoms with Gasteiger partial charge in [-0.25, -0.2) is 0 Å². The Morgan fingerprint density at radius 2 is 1.64 bits per heavy atom. The quantitative estimate of drug-likeness (QED) is 0.531. The minimum atomic E-state index is -0.241. The van der Waals surface area contributed by atoms with Crippen LogP contribution in [0.4, 0.5) is 11.4 Å². The molecule has 0 spiro atoms. The van der Waals surface area contributed by atoms with Gasteiger partial charge in [-0.15, -0.1) is 0 Å². The smallest absolute Gasteiger partial charge is 0.224 e. The van der Waals surface area contributed by atoms with Crippen LogP contribution >= 0.6 is 0 Å². The molecule has 0 aromatic heterocycles. The number of carbonyl (C=O) groups is 2. The van der Waals surface area contributed by atoms with E-state index in [-0.39, 0.29) is 24.5 Å². The molecular formula is C26H34N2O5. The molecule has 0 bridgehead atoms. The molecular weight excluding hydrogens is 420 g/mol. The van der Waals surface area contributed by atoms with Crippen molar-refractivity contribution < 1.29 is 23.8 Å². The number of anilines is 2. The van der Waals surface area contributed by atoms with Gasteiger partial charge in [-0.05, 0) is 44.9 Å². The number of ether oxygens (including phenoxy) is 3. The molecule has 3 rings (SSSR count). The number of benzene rings is 2. The van der Waals surface area contributed by atoms with Crippen LogP contribution in [0.1, 0.15) is 48.2 Å². The molecule has 1 saturated heterocycles. The predicted molar refractivity (Wildman–Crippen MR) is 130 cm³/mol. The Bertz CT molecular complexity index is 983. The average molecular weight is 455 g/mol. The zero-order valence-electron chi connectivity index (χ0n) is 20.0. The van der Waals surface area contributed by atoms with E-state index in [9.17, 15) is 9.59 Å². The van der Waals surface area contributed by atoms with Crippen molar-refractivity contribution in [2.75, 3.05) is 49.7 Å². The van der Waals surface area contributed by atoms with Gasteiger partial charge in [-0.3, -0.25) is 9.59 Å². The van der Waals surface area contributed by atoms with Crippen molar-refractivity contribution in [3.05, 3.63) is 47.0 Å². The van der Waals surface area contributed by atoms with Crippen molar-refractivity contribution >= 4 is 23.1 Å². The van der Waals surface area contributed by atoms with E-state index in [1.54, 1.807) is 0 Å². The number of ketones is 1. The summed E-state index contributed by atoms with van der Waals surface area (Å²) in [6.45, 7) is 11.6. The molecule has 0 atom stereocenters. The summed E-state index contributed by atoms with van der Waals surface area (Å²) in [4.78, 5) is 27.4. The van der Waals surface area contributed by atoms with Gasteiger partial charge in [-0.2, -0.15) is 0 Å². The molecule has 7 nitrogen and oxygen atoms in total. The molecule has 33 heavy (non-hydrogen) atoms. The van der Waals surface area contributed by atoms with Crippen LogP contribution < -0.4 is 19.7 Å². The van der Waals surface area contributed by atoms with Crippen LogP contribution in [-0.4, -0.2) is 51.2 Å². The SMILES string of the molecule is CCOc1cc(N2CCOCC2)c(OCC)cc1NC(=O)CCC(=O)c1ccc(C)c(C)c1. The van der Waals surface area contributed by atoms with E-state index in [4.69, 9.17) is 14.2 Å². The summed E-state index contributed by atoms with van der Waals surface area (Å²) >= 11 is 0. The van der Waals surface area contributed by atoms with Gasteiger partial charge in [0.1, 0.15) is 11.5 Å². The first kappa shape index (κ1) is 24.6. The standard InChI is InChI=1S/C26H34N2O5/c1-5-32-24-17-22(28-11-13-31-14-12-28)25(33-6-2)16-21(24)27-26(30)10-9-23(29)20-8-7-18(3)19(4)15-20/h7-8,15-17H,5-6,9-14H2,1-4H3,(H,27,30). The van der Waals surface area contributed by atoms with E-state index in [0.717, 1.165) is 29.9 Å². The van der Waals surface area contributed by atoms with Gasteiger partial charge in [0, 0.05) is 43.6 Å². The van der Waals surface area contributed by atoms with Crippen LogP contribution in [0.25, 0.3) is 0 Å². The van der Waals surface area contributed by atoms with Crippen LogP contribution in [-0.2, 0) is 9.53 Å². The Hall–Kier alpha value is -3.06. The molecule has 1 aliphatic heterocycles. The lowest BCUT2D eigenvalue weighted by molar-refractivity contribution is -0.116. The second-order valence-corrected chi connectivity index (χ2v) is 8.05. The number of amides is 1. The Morgan fingerprint density at radius 3 is 2.30 bits per heavy atom. The molecule has 2 aromatic rings. The van der Waals surface area contributed by atoms with Gasteiger partial charge in [-0.1, -0.05) is 12.1 Å². The minimum Gasteiger partial charge on any atom is -0.492 e. The minimum absolute atomic E-state index is 0.0454. The third-order valence-corrected chi connectivity index (χ3v) is 5.69. The van der Waals surface area contributed by atoms with E-state index in [1.165, 1.54) is 0 Å². The number of Topliss-reactive ketones (excluding diaryl/α,β-unsaturated/α-hetero) is 1. The van der Waals surface area contributed by atoms with Crippen molar-refractivity contribution in [3.63, 3.8) is 0 Å². The van der Waals surface area contributed by atoms with Crippen LogP contribution in [0, 0.1) is 13.8 Å². The summed E-state index contributed by atoms with van der Waals surface area (Å²) < 4.78 is 17.2. The molecule has 1 aliphatic rings. The van der Waals surface area contributed by atoms with Gasteiger partial charge < -0.3 is 24.4 Å². The first-order chi connectivity index (χ1) is 15.9. The van der Waals surface area contributed by atoms with Crippen molar-refractivity contribution in [1.82, 2.24) is 0 Å². The maximum atomic E-state index is 12.7. The number of carbonyl (C=O) groups excluding carboxylic acids is 2. The fourth-order valence-electron chi connectivity index (χ4n) is 3.74. The molecule has 1 fully saturated rings. The summed E-state index contributed by atoms with van der Waals surface area (Å²) in [5.74, 6) is 0.978. The second kappa shape index (κ2) is 11.7. The molecule has 0 saturated carbocycles. The Labute approximate surface area is 196 Å². The first-order valence-corrected chi connectivity index (χ1v) is 11.6. The summed E-state index contributed by atoms with van der Waals surface area (Å²) in [5.41, 5.74) is 4.30. The number of nitrogens with one attached hydrogen (secondary N) is 1. The average Bonchev–Trinajstić information content (AvgIpc) is 2.81. The van der Waals surface area contributed by atoms with Gasteiger partial charge >= 0.3 is 0 Å². The van der Waals surface area contributed by atoms with E-state index in [2.05, 4.69) is 10.2 Å². The van der Waals surface area contributed by atoms with E-state index >= 15 is 0 Å². The van der Waals surface area contributed by atoms with Gasteiger partial charge in [0.05, 0.1) is 37.8 Å². The summed E-state index contributed by atoms with van der Waals surface area (Å²) in [5, 5.41) is 2.91. The number of nitrogens with zero attached hydrogens (tertiary/aromatic N) is 1. The lowest BCUT2D eigenvalue weighted by atomic mass is 10.0. The fraction of sp³-hybridized carbons (Fsp3) is 0.462. The van der Waals surface area contributed by atoms with Crippen LogP contribution in [0.15, 0.2) is 30.3 Å². The molecule has 0 unspecified atom stereocenters. The van der Waals surface area contributed by atoms with Gasteiger partial charge in [0.25, 0.3) is 0 Å². The molecule has 1 amide bonds. The monoisotopic (exact) mass is 454 g/mol. The molecule has 178 valence electrons. The van der Waals surface area contributed by atoms with Gasteiger partial charge in [0.2, 0.25) is 5.91 Å². The summed E-state index contributed by atoms with van der Waals surface area (Å²) in [6.07, 6.45) is 0.231. The maximum Gasteiger partial charge on any atom is 0.224 e. The lowest BCUT2D eigenvalue weighted by Gasteiger charge is -2.31. The van der Waals surface area contributed by atoms with Crippen LogP contribution in [0.3, 0.4) is 0 Å². The number of morpholine rings is 1. The molecule has 0 radical (unpaired) electrons. The zero-order valence-corrected chi connectivity index (χ0v) is 20.0. The normalized spacial score (nSPS) is 13.5. The highest BCUT2D eigenvalue weighted by molar-refractivity contribution is 6.00. The maximum absolute atomic E-state index is 12.7. The Morgan fingerprint density at radius 1 is 0.939 bits per heavy atom. The third kappa shape index (κ3) is 6.48. The largest absolute Gasteiger partial charge is 0.492 e. The summed E-state index contributed by atoms with van der Waals surface area (Å²) in [7, 11) is 0. The van der Waals surface area contributed by atoms with E-state index < -0.39 is 0 Å². The topological polar surface area (TPSA) is 77.1 Å². The number of hydrogen-bond donors (Lipinski definition) is 1. The molecule has 0 aliphatic carbocycles. The van der Waals surface area contributed by atoms with Crippen LogP contribution in [0.5, 0.6) is 11.5 Å². The van der Waals surface area contributed by atoms with Gasteiger partial charge in [0.15, 0.2) is 5.78 Å². The van der Waals surface area contributed by atoms with E-state index in [0.29, 0.717) is 49.2 Å². The highest BCUT2D eigenvalue weighted by atomic mass is 16.5. The van der Waals surface area contributed by atoms with E-state index in [1.807, 2.05) is 58.0 Å². The van der Waals surface area contributed by atoms with Crippen LogP contribution in [0.2, 0.25) is 0 Å². The molecule has 1 heterocycles. The predicted octanol–water partition coefficient (Wildman–Crippen LogP) is 4.54. The van der Waals surface area contributed by atoms with Crippen molar-refractivity contribution in [2.24, 2.45) is 0 Å². The van der Waals surface area contributed by atoms with Crippen molar-refractivity contribution in [1.29, 1.82) is 0 Å². The number of hydrogen-bond acceptors (Lipinski definition) is 6. The first-order valence-electron chi connectivity index (χ1n) is 11.6. The highest BCUT2D eigenvalue weighted by Gasteiger charge is 2.21. The molecule has 7 heteroatoms. The van der Waals surface area contributed by atoms with Crippen molar-refractivity contribution in [2.45, 2.75) is 40.5 Å². The second-order valence-electron chi connectivity index (χ2n) is 8.05. The molecule has 1 N–H and O–H groups in total. The highest BCUT2D eigenvalue weighted by Crippen LogP contribution is 2.39. The summed E-state index contributed by atoms with van der Waals surface area (Å²) in [6, 6.07) is 9.34. The third-order valence-electron chi connectivity index (χ3n) is 5.69. The number of rotatable bonds is 10.